The number of aliphatic hydroxyl groups is 1. The van der Waals surface area contributed by atoms with Crippen LogP contribution in [0.1, 0.15) is 37.0 Å². The van der Waals surface area contributed by atoms with E-state index in [1.807, 2.05) is 13.8 Å². The summed E-state index contributed by atoms with van der Waals surface area (Å²) >= 11 is 0. The molecular formula is C14H21NO. The second kappa shape index (κ2) is 4.56. The Morgan fingerprint density at radius 3 is 2.94 bits per heavy atom. The summed E-state index contributed by atoms with van der Waals surface area (Å²) in [6, 6.07) is 6.54. The van der Waals surface area contributed by atoms with Crippen molar-refractivity contribution in [3.8, 4) is 0 Å². The van der Waals surface area contributed by atoms with Crippen LogP contribution in [0.2, 0.25) is 0 Å². The molecule has 0 aromatic heterocycles. The molecule has 1 aliphatic heterocycles. The molecule has 0 aliphatic carbocycles. The van der Waals surface area contributed by atoms with E-state index in [4.69, 9.17) is 0 Å². The first-order valence-electron chi connectivity index (χ1n) is 6.09. The van der Waals surface area contributed by atoms with Crippen LogP contribution in [0.5, 0.6) is 0 Å². The number of hydrogen-bond donors (Lipinski definition) is 2. The van der Waals surface area contributed by atoms with Gasteiger partial charge in [0.25, 0.3) is 0 Å². The molecule has 0 atom stereocenters. The van der Waals surface area contributed by atoms with Gasteiger partial charge < -0.3 is 10.4 Å². The zero-order valence-corrected chi connectivity index (χ0v) is 10.2. The molecule has 16 heavy (non-hydrogen) atoms. The van der Waals surface area contributed by atoms with Gasteiger partial charge in [-0.3, -0.25) is 0 Å². The topological polar surface area (TPSA) is 32.3 Å². The van der Waals surface area contributed by atoms with Gasteiger partial charge in [0.05, 0.1) is 5.60 Å². The van der Waals surface area contributed by atoms with Gasteiger partial charge in [-0.25, -0.2) is 0 Å². The van der Waals surface area contributed by atoms with Crippen LogP contribution in [0.25, 0.3) is 0 Å². The number of hydrogen-bond acceptors (Lipinski definition) is 2. The highest BCUT2D eigenvalue weighted by Crippen LogP contribution is 2.22. The van der Waals surface area contributed by atoms with Gasteiger partial charge in [-0.15, -0.1) is 0 Å². The summed E-state index contributed by atoms with van der Waals surface area (Å²) in [5.41, 5.74) is 3.79. The number of nitrogens with one attached hydrogen (secondary N) is 1. The molecule has 2 N–H and O–H groups in total. The third-order valence-corrected chi connectivity index (χ3v) is 3.24. The highest BCUT2D eigenvalue weighted by Gasteiger charge is 2.16. The molecule has 0 fully saturated rings. The SMILES string of the molecule is CC(C)(O)CCc1cccc2c1CCNC2. The molecule has 0 amide bonds. The Bertz CT molecular complexity index is 365. The first kappa shape index (κ1) is 11.6. The van der Waals surface area contributed by atoms with Crippen LogP contribution in [-0.4, -0.2) is 17.3 Å². The van der Waals surface area contributed by atoms with E-state index < -0.39 is 5.60 Å². The van der Waals surface area contributed by atoms with Crippen molar-refractivity contribution in [2.75, 3.05) is 6.54 Å². The molecule has 2 rings (SSSR count). The lowest BCUT2D eigenvalue weighted by Crippen LogP contribution is -2.25. The minimum Gasteiger partial charge on any atom is -0.390 e. The molecule has 88 valence electrons. The average Bonchev–Trinajstić information content (AvgIpc) is 2.25. The summed E-state index contributed by atoms with van der Waals surface area (Å²) in [6.07, 6.45) is 2.93. The number of fused-ring (bicyclic) bond motifs is 1. The van der Waals surface area contributed by atoms with Crippen molar-refractivity contribution in [1.82, 2.24) is 5.32 Å². The van der Waals surface area contributed by atoms with Crippen molar-refractivity contribution in [2.45, 2.75) is 45.3 Å². The number of benzene rings is 1. The minimum absolute atomic E-state index is 0.560. The predicted octanol–water partition coefficient (Wildman–Crippen LogP) is 2.04. The van der Waals surface area contributed by atoms with E-state index in [2.05, 4.69) is 23.5 Å². The van der Waals surface area contributed by atoms with Crippen LogP contribution < -0.4 is 5.32 Å². The van der Waals surface area contributed by atoms with Crippen LogP contribution in [-0.2, 0) is 19.4 Å². The van der Waals surface area contributed by atoms with E-state index in [9.17, 15) is 5.11 Å². The van der Waals surface area contributed by atoms with Crippen LogP contribution in [0.4, 0.5) is 0 Å². The first-order chi connectivity index (χ1) is 7.56. The van der Waals surface area contributed by atoms with Gasteiger partial charge in [-0.1, -0.05) is 18.2 Å². The number of rotatable bonds is 3. The quantitative estimate of drug-likeness (QED) is 0.815. The Labute approximate surface area is 97.7 Å². The van der Waals surface area contributed by atoms with E-state index in [0.717, 1.165) is 32.4 Å². The van der Waals surface area contributed by atoms with Crippen molar-refractivity contribution in [3.63, 3.8) is 0 Å². The zero-order chi connectivity index (χ0) is 11.6. The normalized spacial score (nSPS) is 15.9. The second-order valence-electron chi connectivity index (χ2n) is 5.29. The molecule has 2 nitrogen and oxygen atoms in total. The van der Waals surface area contributed by atoms with Gasteiger partial charge in [0.1, 0.15) is 0 Å². The second-order valence-corrected chi connectivity index (χ2v) is 5.29. The summed E-state index contributed by atoms with van der Waals surface area (Å²) in [4.78, 5) is 0. The molecular weight excluding hydrogens is 198 g/mol. The number of aryl methyl sites for hydroxylation is 1. The smallest absolute Gasteiger partial charge is 0.0594 e. The summed E-state index contributed by atoms with van der Waals surface area (Å²) in [6.45, 7) is 5.83. The Balaban J connectivity index is 2.15. The standard InChI is InChI=1S/C14H21NO/c1-14(2,16)8-6-11-4-3-5-12-10-15-9-7-13(11)12/h3-5,15-16H,6-10H2,1-2H3. The molecule has 2 heteroatoms. The van der Waals surface area contributed by atoms with E-state index in [1.165, 1.54) is 16.7 Å². The highest BCUT2D eigenvalue weighted by molar-refractivity contribution is 5.37. The molecule has 0 saturated heterocycles. The molecule has 1 aliphatic rings. The summed E-state index contributed by atoms with van der Waals surface area (Å²) in [5.74, 6) is 0. The summed E-state index contributed by atoms with van der Waals surface area (Å²) in [5, 5.41) is 13.2. The molecule has 0 bridgehead atoms. The molecule has 0 saturated carbocycles. The maximum absolute atomic E-state index is 9.77. The van der Waals surface area contributed by atoms with Crippen molar-refractivity contribution in [3.05, 3.63) is 34.9 Å². The van der Waals surface area contributed by atoms with E-state index in [0.29, 0.717) is 0 Å². The van der Waals surface area contributed by atoms with Crippen LogP contribution in [0, 0.1) is 0 Å². The average molecular weight is 219 g/mol. The van der Waals surface area contributed by atoms with E-state index >= 15 is 0 Å². The van der Waals surface area contributed by atoms with Crippen molar-refractivity contribution in [1.29, 1.82) is 0 Å². The predicted molar refractivity (Wildman–Crippen MR) is 66.5 cm³/mol. The summed E-state index contributed by atoms with van der Waals surface area (Å²) in [7, 11) is 0. The largest absolute Gasteiger partial charge is 0.390 e. The molecule has 0 radical (unpaired) electrons. The summed E-state index contributed by atoms with van der Waals surface area (Å²) < 4.78 is 0. The minimum atomic E-state index is -0.560. The fraction of sp³-hybridized carbons (Fsp3) is 0.571. The van der Waals surface area contributed by atoms with Crippen molar-refractivity contribution >= 4 is 0 Å². The maximum atomic E-state index is 9.77. The molecule has 1 aromatic carbocycles. The van der Waals surface area contributed by atoms with Crippen LogP contribution in [0.3, 0.4) is 0 Å². The van der Waals surface area contributed by atoms with Gasteiger partial charge in [0.15, 0.2) is 0 Å². The Hall–Kier alpha value is -0.860. The fourth-order valence-electron chi connectivity index (χ4n) is 2.29. The van der Waals surface area contributed by atoms with Gasteiger partial charge in [-0.2, -0.15) is 0 Å². The lowest BCUT2D eigenvalue weighted by Gasteiger charge is -2.22. The van der Waals surface area contributed by atoms with Gasteiger partial charge in [0, 0.05) is 6.54 Å². The molecule has 0 unspecified atom stereocenters. The Kier molecular flexibility index (Phi) is 3.31. The Morgan fingerprint density at radius 2 is 2.19 bits per heavy atom. The lowest BCUT2D eigenvalue weighted by atomic mass is 9.90. The van der Waals surface area contributed by atoms with Gasteiger partial charge in [0.2, 0.25) is 0 Å². The van der Waals surface area contributed by atoms with Crippen LogP contribution in [0.15, 0.2) is 18.2 Å². The van der Waals surface area contributed by atoms with E-state index in [-0.39, 0.29) is 0 Å². The van der Waals surface area contributed by atoms with Gasteiger partial charge >= 0.3 is 0 Å². The van der Waals surface area contributed by atoms with E-state index in [1.54, 1.807) is 0 Å². The zero-order valence-electron chi connectivity index (χ0n) is 10.2. The maximum Gasteiger partial charge on any atom is 0.0594 e. The first-order valence-corrected chi connectivity index (χ1v) is 6.09. The monoisotopic (exact) mass is 219 g/mol. The Morgan fingerprint density at radius 1 is 1.38 bits per heavy atom. The molecule has 1 aromatic rings. The van der Waals surface area contributed by atoms with Crippen molar-refractivity contribution < 1.29 is 5.11 Å². The van der Waals surface area contributed by atoms with Crippen LogP contribution >= 0.6 is 0 Å². The van der Waals surface area contributed by atoms with Gasteiger partial charge in [-0.05, 0) is 56.3 Å². The fourth-order valence-corrected chi connectivity index (χ4v) is 2.29. The highest BCUT2D eigenvalue weighted by atomic mass is 16.3. The lowest BCUT2D eigenvalue weighted by molar-refractivity contribution is 0.0713. The molecule has 0 spiro atoms. The van der Waals surface area contributed by atoms with Crippen molar-refractivity contribution in [2.24, 2.45) is 0 Å². The third-order valence-electron chi connectivity index (χ3n) is 3.24. The molecule has 1 heterocycles. The third kappa shape index (κ3) is 2.83.